The summed E-state index contributed by atoms with van der Waals surface area (Å²) in [6.45, 7) is 6.13. The highest BCUT2D eigenvalue weighted by molar-refractivity contribution is 5.22. The summed E-state index contributed by atoms with van der Waals surface area (Å²) in [5, 5.41) is 3.35. The highest BCUT2D eigenvalue weighted by Gasteiger charge is 2.08. The van der Waals surface area contributed by atoms with Crippen LogP contribution in [-0.2, 0) is 0 Å². The van der Waals surface area contributed by atoms with Gasteiger partial charge in [-0.15, -0.1) is 0 Å². The third kappa shape index (κ3) is 5.68. The van der Waals surface area contributed by atoms with Gasteiger partial charge < -0.3 is 10.1 Å². The van der Waals surface area contributed by atoms with Gasteiger partial charge in [0.15, 0.2) is 0 Å². The average molecular weight is 239 g/mol. The molecule has 0 aliphatic heterocycles. The fourth-order valence-electron chi connectivity index (χ4n) is 1.67. The normalized spacial score (nSPS) is 12.4. The van der Waals surface area contributed by atoms with Gasteiger partial charge in [0.2, 0.25) is 0 Å². The van der Waals surface area contributed by atoms with Crippen molar-refractivity contribution < 1.29 is 9.13 Å². The Morgan fingerprint density at radius 1 is 1.18 bits per heavy atom. The molecule has 0 amide bonds. The number of rotatable bonds is 8. The fourth-order valence-corrected chi connectivity index (χ4v) is 1.67. The first-order chi connectivity index (χ1) is 8.26. The number of hydrogen-bond donors (Lipinski definition) is 1. The first kappa shape index (κ1) is 14.0. The van der Waals surface area contributed by atoms with Gasteiger partial charge in [0.05, 0.1) is 0 Å². The van der Waals surface area contributed by atoms with E-state index in [1.54, 1.807) is 12.1 Å². The van der Waals surface area contributed by atoms with Crippen molar-refractivity contribution in [2.24, 2.45) is 0 Å². The van der Waals surface area contributed by atoms with E-state index in [1.165, 1.54) is 12.1 Å². The van der Waals surface area contributed by atoms with Crippen molar-refractivity contribution >= 4 is 0 Å². The molecule has 17 heavy (non-hydrogen) atoms. The van der Waals surface area contributed by atoms with E-state index >= 15 is 0 Å². The molecule has 2 nitrogen and oxygen atoms in total. The van der Waals surface area contributed by atoms with Crippen LogP contribution in [0.2, 0.25) is 0 Å². The molecule has 0 fully saturated rings. The van der Waals surface area contributed by atoms with E-state index in [0.29, 0.717) is 0 Å². The maximum absolute atomic E-state index is 12.8. The van der Waals surface area contributed by atoms with E-state index in [2.05, 4.69) is 19.2 Å². The van der Waals surface area contributed by atoms with Crippen LogP contribution in [0.4, 0.5) is 4.39 Å². The number of nitrogens with one attached hydrogen (secondary N) is 1. The Labute approximate surface area is 103 Å². The van der Waals surface area contributed by atoms with Gasteiger partial charge in [0.1, 0.15) is 17.7 Å². The summed E-state index contributed by atoms with van der Waals surface area (Å²) in [7, 11) is 0. The SMILES string of the molecule is CCCNCC(CCC)Oc1ccc(F)cc1. The van der Waals surface area contributed by atoms with Crippen molar-refractivity contribution in [1.29, 1.82) is 0 Å². The molecule has 3 heteroatoms. The lowest BCUT2D eigenvalue weighted by atomic mass is 10.2. The number of benzene rings is 1. The van der Waals surface area contributed by atoms with Crippen LogP contribution in [0.1, 0.15) is 33.1 Å². The van der Waals surface area contributed by atoms with E-state index in [9.17, 15) is 4.39 Å². The predicted molar refractivity (Wildman–Crippen MR) is 68.9 cm³/mol. The molecular weight excluding hydrogens is 217 g/mol. The summed E-state index contributed by atoms with van der Waals surface area (Å²) >= 11 is 0. The molecule has 0 radical (unpaired) electrons. The lowest BCUT2D eigenvalue weighted by molar-refractivity contribution is 0.186. The van der Waals surface area contributed by atoms with Gasteiger partial charge >= 0.3 is 0 Å². The Kier molecular flexibility index (Phi) is 6.63. The topological polar surface area (TPSA) is 21.3 Å². The minimum atomic E-state index is -0.228. The molecule has 0 spiro atoms. The van der Waals surface area contributed by atoms with Crippen molar-refractivity contribution in [3.05, 3.63) is 30.1 Å². The van der Waals surface area contributed by atoms with Gasteiger partial charge in [-0.2, -0.15) is 0 Å². The lowest BCUT2D eigenvalue weighted by Crippen LogP contribution is -2.31. The highest BCUT2D eigenvalue weighted by atomic mass is 19.1. The van der Waals surface area contributed by atoms with Gasteiger partial charge in [0.25, 0.3) is 0 Å². The zero-order chi connectivity index (χ0) is 12.5. The van der Waals surface area contributed by atoms with Crippen LogP contribution >= 0.6 is 0 Å². The van der Waals surface area contributed by atoms with Gasteiger partial charge in [-0.3, -0.25) is 0 Å². The van der Waals surface area contributed by atoms with Crippen LogP contribution in [0.5, 0.6) is 5.75 Å². The molecule has 96 valence electrons. The van der Waals surface area contributed by atoms with Crippen LogP contribution in [-0.4, -0.2) is 19.2 Å². The number of halogens is 1. The van der Waals surface area contributed by atoms with Gasteiger partial charge in [-0.1, -0.05) is 20.3 Å². The molecule has 0 aromatic heterocycles. The standard InChI is InChI=1S/C14H22FNO/c1-3-5-14(11-16-10-4-2)17-13-8-6-12(15)7-9-13/h6-9,14,16H,3-5,10-11H2,1-2H3. The van der Waals surface area contributed by atoms with E-state index in [4.69, 9.17) is 4.74 Å². The Morgan fingerprint density at radius 3 is 2.47 bits per heavy atom. The average Bonchev–Trinajstić information content (AvgIpc) is 2.32. The van der Waals surface area contributed by atoms with Crippen molar-refractivity contribution in [2.45, 2.75) is 39.2 Å². The Morgan fingerprint density at radius 2 is 1.88 bits per heavy atom. The third-order valence-corrected chi connectivity index (χ3v) is 2.53. The summed E-state index contributed by atoms with van der Waals surface area (Å²) < 4.78 is 18.6. The molecule has 1 atom stereocenters. The molecule has 1 aromatic rings. The fraction of sp³-hybridized carbons (Fsp3) is 0.571. The van der Waals surface area contributed by atoms with Crippen molar-refractivity contribution in [3.8, 4) is 5.75 Å². The number of ether oxygens (including phenoxy) is 1. The van der Waals surface area contributed by atoms with Crippen LogP contribution in [0.3, 0.4) is 0 Å². The van der Waals surface area contributed by atoms with Gasteiger partial charge in [-0.05, 0) is 43.7 Å². The van der Waals surface area contributed by atoms with Crippen molar-refractivity contribution in [3.63, 3.8) is 0 Å². The van der Waals surface area contributed by atoms with E-state index in [-0.39, 0.29) is 11.9 Å². The second kappa shape index (κ2) is 8.07. The zero-order valence-corrected chi connectivity index (χ0v) is 10.7. The Bertz CT molecular complexity index is 300. The highest BCUT2D eigenvalue weighted by Crippen LogP contribution is 2.14. The molecule has 0 saturated carbocycles. The minimum Gasteiger partial charge on any atom is -0.489 e. The van der Waals surface area contributed by atoms with E-state index in [1.807, 2.05) is 0 Å². The first-order valence-electron chi connectivity index (χ1n) is 6.39. The quantitative estimate of drug-likeness (QED) is 0.702. The predicted octanol–water partition coefficient (Wildman–Crippen LogP) is 3.37. The molecule has 0 heterocycles. The summed E-state index contributed by atoms with van der Waals surface area (Å²) in [5.74, 6) is 0.511. The van der Waals surface area contributed by atoms with Crippen molar-refractivity contribution in [2.75, 3.05) is 13.1 Å². The Hall–Kier alpha value is -1.09. The van der Waals surface area contributed by atoms with Crippen LogP contribution in [0.25, 0.3) is 0 Å². The van der Waals surface area contributed by atoms with E-state index in [0.717, 1.165) is 38.1 Å². The molecule has 1 aromatic carbocycles. The number of hydrogen-bond acceptors (Lipinski definition) is 2. The first-order valence-corrected chi connectivity index (χ1v) is 6.39. The van der Waals surface area contributed by atoms with Gasteiger partial charge in [-0.25, -0.2) is 4.39 Å². The third-order valence-electron chi connectivity index (χ3n) is 2.53. The van der Waals surface area contributed by atoms with E-state index < -0.39 is 0 Å². The zero-order valence-electron chi connectivity index (χ0n) is 10.7. The lowest BCUT2D eigenvalue weighted by Gasteiger charge is -2.19. The Balaban J connectivity index is 2.44. The molecule has 0 aliphatic rings. The van der Waals surface area contributed by atoms with Crippen LogP contribution in [0.15, 0.2) is 24.3 Å². The monoisotopic (exact) mass is 239 g/mol. The second-order valence-electron chi connectivity index (χ2n) is 4.19. The maximum Gasteiger partial charge on any atom is 0.123 e. The molecule has 1 unspecified atom stereocenters. The van der Waals surface area contributed by atoms with Crippen LogP contribution in [0, 0.1) is 5.82 Å². The summed E-state index contributed by atoms with van der Waals surface area (Å²) in [5.41, 5.74) is 0. The molecule has 0 bridgehead atoms. The van der Waals surface area contributed by atoms with Crippen LogP contribution < -0.4 is 10.1 Å². The van der Waals surface area contributed by atoms with Gasteiger partial charge in [0, 0.05) is 6.54 Å². The molecular formula is C14H22FNO. The maximum atomic E-state index is 12.8. The molecule has 0 saturated heterocycles. The molecule has 0 aliphatic carbocycles. The second-order valence-corrected chi connectivity index (χ2v) is 4.19. The molecule has 1 rings (SSSR count). The molecule has 1 N–H and O–H groups in total. The largest absolute Gasteiger partial charge is 0.489 e. The summed E-state index contributed by atoms with van der Waals surface area (Å²) in [6.07, 6.45) is 3.38. The van der Waals surface area contributed by atoms with Crippen molar-refractivity contribution in [1.82, 2.24) is 5.32 Å². The smallest absolute Gasteiger partial charge is 0.123 e. The summed E-state index contributed by atoms with van der Waals surface area (Å²) in [6, 6.07) is 6.21. The minimum absolute atomic E-state index is 0.164. The summed E-state index contributed by atoms with van der Waals surface area (Å²) in [4.78, 5) is 0.